The van der Waals surface area contributed by atoms with E-state index in [1.807, 2.05) is 91.0 Å². The number of rotatable bonds is 0. The predicted octanol–water partition coefficient (Wildman–Crippen LogP) is 6.44. The number of allylic oxidation sites excluding steroid dienone is 1. The summed E-state index contributed by atoms with van der Waals surface area (Å²) in [7, 11) is 0. The molecule has 32 heavy (non-hydrogen) atoms. The second-order valence-electron chi connectivity index (χ2n) is 7.75. The zero-order valence-electron chi connectivity index (χ0n) is 17.3. The third-order valence-corrected chi connectivity index (χ3v) is 5.67. The number of fused-ring (bicyclic) bond motifs is 2. The monoisotopic (exact) mass is 412 g/mol. The molecule has 2 N–H and O–H groups in total. The maximum absolute atomic E-state index is 11.0. The summed E-state index contributed by atoms with van der Waals surface area (Å²) in [6.45, 7) is 0. The van der Waals surface area contributed by atoms with E-state index < -0.39 is 5.92 Å². The minimum absolute atomic E-state index is 0.129. The Morgan fingerprint density at radius 2 is 1.06 bits per heavy atom. The highest BCUT2D eigenvalue weighted by molar-refractivity contribution is 5.88. The van der Waals surface area contributed by atoms with E-state index in [1.165, 1.54) is 0 Å². The zero-order valence-corrected chi connectivity index (χ0v) is 17.3. The van der Waals surface area contributed by atoms with E-state index >= 15 is 0 Å². The number of hydrogen-bond acceptors (Lipinski definition) is 2. The van der Waals surface area contributed by atoms with Gasteiger partial charge >= 0.3 is 0 Å². The lowest BCUT2D eigenvalue weighted by Gasteiger charge is -2.27. The molecule has 1 aliphatic carbocycles. The summed E-state index contributed by atoms with van der Waals surface area (Å²) in [6.07, 6.45) is 0. The van der Waals surface area contributed by atoms with Crippen molar-refractivity contribution in [2.45, 2.75) is 5.92 Å². The molecule has 4 aromatic carbocycles. The van der Waals surface area contributed by atoms with Gasteiger partial charge in [-0.25, -0.2) is 0 Å². The molecular weight excluding hydrogens is 392 g/mol. The third kappa shape index (κ3) is 3.71. The Morgan fingerprint density at radius 1 is 0.562 bits per heavy atom. The molecule has 0 aliphatic heterocycles. The molecule has 0 saturated carbocycles. The number of hydrogen-bond donors (Lipinski definition) is 2. The van der Waals surface area contributed by atoms with Crippen LogP contribution in [0.25, 0.3) is 16.5 Å². The fourth-order valence-corrected chi connectivity index (χ4v) is 4.02. The van der Waals surface area contributed by atoms with Crippen LogP contribution in [-0.2, 0) is 0 Å². The van der Waals surface area contributed by atoms with Crippen LogP contribution in [0.5, 0.6) is 0 Å². The first kappa shape index (κ1) is 19.6. The van der Waals surface area contributed by atoms with Crippen LogP contribution >= 0.6 is 0 Å². The van der Waals surface area contributed by atoms with Crippen molar-refractivity contribution in [3.05, 3.63) is 125 Å². The van der Waals surface area contributed by atoms with Crippen LogP contribution in [0.4, 0.5) is 0 Å². The van der Waals surface area contributed by atoms with E-state index in [4.69, 9.17) is 0 Å². The molecule has 2 atom stereocenters. The van der Waals surface area contributed by atoms with Gasteiger partial charge in [0.15, 0.2) is 11.5 Å². The van der Waals surface area contributed by atoms with Crippen molar-refractivity contribution in [2.24, 2.45) is 5.92 Å². The average molecular weight is 412 g/mol. The second kappa shape index (κ2) is 8.38. The van der Waals surface area contributed by atoms with Crippen molar-refractivity contribution < 1.29 is 10.2 Å². The van der Waals surface area contributed by atoms with Crippen molar-refractivity contribution in [1.82, 2.24) is 0 Å². The summed E-state index contributed by atoms with van der Waals surface area (Å²) in [5, 5.41) is 23.9. The standard InChI is InChI=1S/C30H20O2/c31-29-26(18-16-22-11-5-2-6-12-22)25(17-15-21-9-3-1-4-10-21)27-19-23-13-7-8-14-24(23)20-28(27)30(29)32/h1-14,19-20,25-26,31-32H. The molecule has 0 radical (unpaired) electrons. The summed E-state index contributed by atoms with van der Waals surface area (Å²) in [6, 6.07) is 31.3. The van der Waals surface area contributed by atoms with Crippen LogP contribution in [-0.4, -0.2) is 10.2 Å². The fourth-order valence-electron chi connectivity index (χ4n) is 4.02. The Labute approximate surface area is 187 Å². The molecule has 2 unspecified atom stereocenters. The van der Waals surface area contributed by atoms with E-state index in [0.29, 0.717) is 5.56 Å². The Morgan fingerprint density at radius 3 is 1.66 bits per heavy atom. The van der Waals surface area contributed by atoms with Gasteiger partial charge in [0.05, 0.1) is 11.8 Å². The highest BCUT2D eigenvalue weighted by Gasteiger charge is 2.34. The largest absolute Gasteiger partial charge is 0.507 e. The van der Waals surface area contributed by atoms with Crippen LogP contribution < -0.4 is 0 Å². The summed E-state index contributed by atoms with van der Waals surface area (Å²) < 4.78 is 0. The molecule has 0 spiro atoms. The Kier molecular flexibility index (Phi) is 5.12. The van der Waals surface area contributed by atoms with Gasteiger partial charge in [-0.3, -0.25) is 0 Å². The maximum atomic E-state index is 11.0. The summed E-state index contributed by atoms with van der Waals surface area (Å²) in [5.74, 6) is 11.6. The number of aliphatic hydroxyl groups is 2. The molecule has 0 amide bonds. The Hall–Kier alpha value is -4.40. The lowest BCUT2D eigenvalue weighted by Crippen LogP contribution is -2.20. The molecule has 0 heterocycles. The van der Waals surface area contributed by atoms with Crippen LogP contribution in [0, 0.1) is 29.6 Å². The van der Waals surface area contributed by atoms with Crippen LogP contribution in [0.2, 0.25) is 0 Å². The lowest BCUT2D eigenvalue weighted by atomic mass is 9.76. The van der Waals surface area contributed by atoms with E-state index in [2.05, 4.69) is 29.7 Å². The highest BCUT2D eigenvalue weighted by Crippen LogP contribution is 2.42. The fraction of sp³-hybridized carbons (Fsp3) is 0.0667. The molecule has 5 rings (SSSR count). The van der Waals surface area contributed by atoms with Gasteiger partial charge in [0.1, 0.15) is 0 Å². The summed E-state index contributed by atoms with van der Waals surface area (Å²) in [5.41, 5.74) is 3.21. The second-order valence-corrected chi connectivity index (χ2v) is 7.75. The van der Waals surface area contributed by atoms with E-state index in [0.717, 1.165) is 27.5 Å². The van der Waals surface area contributed by atoms with Gasteiger partial charge in [-0.1, -0.05) is 84.3 Å². The molecule has 0 aromatic heterocycles. The highest BCUT2D eigenvalue weighted by atomic mass is 16.3. The van der Waals surface area contributed by atoms with Gasteiger partial charge in [-0.05, 0) is 52.7 Å². The van der Waals surface area contributed by atoms with Gasteiger partial charge in [-0.15, -0.1) is 0 Å². The predicted molar refractivity (Wildman–Crippen MR) is 129 cm³/mol. The van der Waals surface area contributed by atoms with Gasteiger partial charge in [0, 0.05) is 16.7 Å². The number of benzene rings is 4. The molecular formula is C30H20O2. The first-order valence-electron chi connectivity index (χ1n) is 10.5. The summed E-state index contributed by atoms with van der Waals surface area (Å²) >= 11 is 0. The Balaban J connectivity index is 1.69. The van der Waals surface area contributed by atoms with Crippen LogP contribution in [0.1, 0.15) is 28.2 Å². The minimum Gasteiger partial charge on any atom is -0.507 e. The molecule has 4 aromatic rings. The Bertz CT molecular complexity index is 1440. The van der Waals surface area contributed by atoms with E-state index in [-0.39, 0.29) is 17.4 Å². The summed E-state index contributed by atoms with van der Waals surface area (Å²) in [4.78, 5) is 0. The van der Waals surface area contributed by atoms with Crippen molar-refractivity contribution >= 4 is 16.5 Å². The maximum Gasteiger partial charge on any atom is 0.162 e. The first-order valence-corrected chi connectivity index (χ1v) is 10.5. The average Bonchev–Trinajstić information content (AvgIpc) is 2.85. The topological polar surface area (TPSA) is 40.5 Å². The van der Waals surface area contributed by atoms with E-state index in [1.54, 1.807) is 0 Å². The quantitative estimate of drug-likeness (QED) is 0.326. The normalized spacial score (nSPS) is 17.0. The van der Waals surface area contributed by atoms with Crippen molar-refractivity contribution in [1.29, 1.82) is 0 Å². The molecule has 2 heteroatoms. The zero-order chi connectivity index (χ0) is 21.9. The van der Waals surface area contributed by atoms with Crippen molar-refractivity contribution in [3.8, 4) is 23.7 Å². The van der Waals surface area contributed by atoms with Crippen molar-refractivity contribution in [2.75, 3.05) is 0 Å². The minimum atomic E-state index is -0.639. The first-order chi connectivity index (χ1) is 15.7. The van der Waals surface area contributed by atoms with Gasteiger partial charge in [0.2, 0.25) is 0 Å². The molecule has 2 nitrogen and oxygen atoms in total. The van der Waals surface area contributed by atoms with Gasteiger partial charge in [0.25, 0.3) is 0 Å². The SMILES string of the molecule is OC1=C(O)C(C#Cc2ccccc2)C(C#Cc2ccccc2)c2cc3ccccc3cc21. The van der Waals surface area contributed by atoms with Crippen molar-refractivity contribution in [3.63, 3.8) is 0 Å². The van der Waals surface area contributed by atoms with Crippen LogP contribution in [0.3, 0.4) is 0 Å². The van der Waals surface area contributed by atoms with Crippen LogP contribution in [0.15, 0.2) is 103 Å². The molecule has 0 saturated heterocycles. The third-order valence-electron chi connectivity index (χ3n) is 5.67. The lowest BCUT2D eigenvalue weighted by molar-refractivity contribution is 0.323. The molecule has 152 valence electrons. The number of aliphatic hydroxyl groups excluding tert-OH is 2. The molecule has 0 bridgehead atoms. The van der Waals surface area contributed by atoms with Gasteiger partial charge in [-0.2, -0.15) is 0 Å². The van der Waals surface area contributed by atoms with E-state index in [9.17, 15) is 10.2 Å². The molecule has 0 fully saturated rings. The van der Waals surface area contributed by atoms with Gasteiger partial charge < -0.3 is 10.2 Å². The molecule has 1 aliphatic rings. The smallest absolute Gasteiger partial charge is 0.162 e.